The van der Waals surface area contributed by atoms with Gasteiger partial charge in [-0.15, -0.1) is 0 Å². The van der Waals surface area contributed by atoms with Crippen molar-refractivity contribution in [1.82, 2.24) is 0 Å². The molecule has 1 nitrogen and oxygen atoms in total. The van der Waals surface area contributed by atoms with Gasteiger partial charge in [0.25, 0.3) is 0 Å². The van der Waals surface area contributed by atoms with Crippen LogP contribution in [0.25, 0.3) is 0 Å². The van der Waals surface area contributed by atoms with E-state index >= 15 is 0 Å². The highest BCUT2D eigenvalue weighted by Gasteiger charge is 2.25. The summed E-state index contributed by atoms with van der Waals surface area (Å²) < 4.78 is 0. The van der Waals surface area contributed by atoms with Crippen LogP contribution in [0.5, 0.6) is 0 Å². The highest BCUT2D eigenvalue weighted by Crippen LogP contribution is 2.30. The van der Waals surface area contributed by atoms with E-state index < -0.39 is 0 Å². The summed E-state index contributed by atoms with van der Waals surface area (Å²) >= 11 is 0. The van der Waals surface area contributed by atoms with Crippen LogP contribution in [-0.2, 0) is 6.42 Å². The van der Waals surface area contributed by atoms with Crippen molar-refractivity contribution >= 4 is 0 Å². The zero-order chi connectivity index (χ0) is 11.5. The molecule has 1 aliphatic carbocycles. The lowest BCUT2D eigenvalue weighted by atomic mass is 9.76. The number of hydrogen-bond donors (Lipinski definition) is 1. The first-order valence-electron chi connectivity index (χ1n) is 6.46. The molecule has 3 atom stereocenters. The molecule has 0 aromatic heterocycles. The number of hydrogen-bond acceptors (Lipinski definition) is 1. The molecular formula is C15H23N. The number of nitrogens with two attached hydrogens (primary N) is 1. The Bertz CT molecular complexity index is 345. The van der Waals surface area contributed by atoms with Gasteiger partial charge < -0.3 is 5.73 Å². The third-order valence-electron chi connectivity index (χ3n) is 3.88. The fourth-order valence-electron chi connectivity index (χ4n) is 2.90. The normalized spacial score (nSPS) is 30.3. The van der Waals surface area contributed by atoms with E-state index in [9.17, 15) is 0 Å². The van der Waals surface area contributed by atoms with Crippen LogP contribution in [-0.4, -0.2) is 6.04 Å². The van der Waals surface area contributed by atoms with Crippen LogP contribution in [0.4, 0.5) is 0 Å². The van der Waals surface area contributed by atoms with Gasteiger partial charge in [0.2, 0.25) is 0 Å². The fourth-order valence-corrected chi connectivity index (χ4v) is 2.90. The molecule has 1 aliphatic rings. The molecule has 2 N–H and O–H groups in total. The van der Waals surface area contributed by atoms with Crippen molar-refractivity contribution in [3.63, 3.8) is 0 Å². The molecule has 2 rings (SSSR count). The van der Waals surface area contributed by atoms with Crippen LogP contribution in [0.2, 0.25) is 0 Å². The second kappa shape index (κ2) is 5.01. The molecule has 1 fully saturated rings. The fraction of sp³-hybridized carbons (Fsp3) is 0.600. The standard InChI is InChI=1S/C15H23N/c1-11-4-3-5-13(8-11)10-14-9-12(2)6-7-15(14)16/h3-5,8,12,14-15H,6-7,9-10,16H2,1-2H3. The first kappa shape index (κ1) is 11.7. The van der Waals surface area contributed by atoms with Crippen LogP contribution < -0.4 is 5.73 Å². The van der Waals surface area contributed by atoms with Crippen molar-refractivity contribution in [2.24, 2.45) is 17.6 Å². The monoisotopic (exact) mass is 217 g/mol. The Hall–Kier alpha value is -0.820. The van der Waals surface area contributed by atoms with E-state index in [2.05, 4.69) is 38.1 Å². The Balaban J connectivity index is 2.02. The maximum absolute atomic E-state index is 6.23. The molecule has 16 heavy (non-hydrogen) atoms. The minimum Gasteiger partial charge on any atom is -0.327 e. The minimum atomic E-state index is 0.414. The lowest BCUT2D eigenvalue weighted by molar-refractivity contribution is 0.244. The van der Waals surface area contributed by atoms with Crippen LogP contribution in [0.15, 0.2) is 24.3 Å². The van der Waals surface area contributed by atoms with Crippen molar-refractivity contribution in [2.45, 2.75) is 45.6 Å². The highest BCUT2D eigenvalue weighted by molar-refractivity contribution is 5.22. The zero-order valence-electron chi connectivity index (χ0n) is 10.4. The Morgan fingerprint density at radius 1 is 1.31 bits per heavy atom. The molecular weight excluding hydrogens is 194 g/mol. The number of rotatable bonds is 2. The predicted molar refractivity (Wildman–Crippen MR) is 69.4 cm³/mol. The Kier molecular flexibility index (Phi) is 3.65. The summed E-state index contributed by atoms with van der Waals surface area (Å²) in [5, 5.41) is 0. The molecule has 0 saturated heterocycles. The molecule has 1 aromatic rings. The van der Waals surface area contributed by atoms with E-state index in [1.54, 1.807) is 0 Å². The van der Waals surface area contributed by atoms with Gasteiger partial charge in [0.05, 0.1) is 0 Å². The van der Waals surface area contributed by atoms with Gasteiger partial charge >= 0.3 is 0 Å². The van der Waals surface area contributed by atoms with Crippen molar-refractivity contribution < 1.29 is 0 Å². The van der Waals surface area contributed by atoms with Gasteiger partial charge in [-0.05, 0) is 50.0 Å². The molecule has 0 radical (unpaired) electrons. The van der Waals surface area contributed by atoms with Gasteiger partial charge in [-0.25, -0.2) is 0 Å². The smallest absolute Gasteiger partial charge is 0.00705 e. The quantitative estimate of drug-likeness (QED) is 0.808. The number of benzene rings is 1. The third kappa shape index (κ3) is 2.85. The summed E-state index contributed by atoms with van der Waals surface area (Å²) in [4.78, 5) is 0. The van der Waals surface area contributed by atoms with Crippen LogP contribution in [0, 0.1) is 18.8 Å². The van der Waals surface area contributed by atoms with Gasteiger partial charge in [-0.1, -0.05) is 36.8 Å². The predicted octanol–water partition coefficient (Wildman–Crippen LogP) is 3.30. The molecule has 0 spiro atoms. The second-order valence-corrected chi connectivity index (χ2v) is 5.54. The molecule has 1 heteroatoms. The molecule has 0 heterocycles. The average Bonchev–Trinajstić information content (AvgIpc) is 2.24. The lowest BCUT2D eigenvalue weighted by Gasteiger charge is -2.32. The van der Waals surface area contributed by atoms with E-state index in [1.165, 1.54) is 30.4 Å². The van der Waals surface area contributed by atoms with Crippen molar-refractivity contribution in [1.29, 1.82) is 0 Å². The van der Waals surface area contributed by atoms with Gasteiger partial charge in [-0.3, -0.25) is 0 Å². The van der Waals surface area contributed by atoms with Gasteiger partial charge in [0.1, 0.15) is 0 Å². The van der Waals surface area contributed by atoms with Gasteiger partial charge in [0, 0.05) is 6.04 Å². The van der Waals surface area contributed by atoms with Crippen molar-refractivity contribution in [3.05, 3.63) is 35.4 Å². The Morgan fingerprint density at radius 2 is 2.12 bits per heavy atom. The maximum atomic E-state index is 6.23. The molecule has 0 bridgehead atoms. The summed E-state index contributed by atoms with van der Waals surface area (Å²) in [6, 6.07) is 9.26. The SMILES string of the molecule is Cc1cccc(CC2CC(C)CCC2N)c1. The van der Waals surface area contributed by atoms with Gasteiger partial charge in [0.15, 0.2) is 0 Å². The van der Waals surface area contributed by atoms with Crippen molar-refractivity contribution in [2.75, 3.05) is 0 Å². The maximum Gasteiger partial charge on any atom is 0.00705 e. The molecule has 1 saturated carbocycles. The van der Waals surface area contributed by atoms with E-state index in [4.69, 9.17) is 5.73 Å². The molecule has 88 valence electrons. The van der Waals surface area contributed by atoms with Crippen molar-refractivity contribution in [3.8, 4) is 0 Å². The van der Waals surface area contributed by atoms with Gasteiger partial charge in [-0.2, -0.15) is 0 Å². The molecule has 1 aromatic carbocycles. The summed E-state index contributed by atoms with van der Waals surface area (Å²) in [7, 11) is 0. The van der Waals surface area contributed by atoms with E-state index in [1.807, 2.05) is 0 Å². The summed E-state index contributed by atoms with van der Waals surface area (Å²) in [5.74, 6) is 1.54. The third-order valence-corrected chi connectivity index (χ3v) is 3.88. The largest absolute Gasteiger partial charge is 0.327 e. The summed E-state index contributed by atoms with van der Waals surface area (Å²) in [5.41, 5.74) is 9.04. The topological polar surface area (TPSA) is 26.0 Å². The first-order valence-corrected chi connectivity index (χ1v) is 6.46. The van der Waals surface area contributed by atoms with Crippen LogP contribution >= 0.6 is 0 Å². The summed E-state index contributed by atoms with van der Waals surface area (Å²) in [6.45, 7) is 4.52. The molecule has 0 amide bonds. The second-order valence-electron chi connectivity index (χ2n) is 5.54. The molecule has 3 unspecified atom stereocenters. The van der Waals surface area contributed by atoms with E-state index in [0.29, 0.717) is 12.0 Å². The highest BCUT2D eigenvalue weighted by atomic mass is 14.7. The zero-order valence-corrected chi connectivity index (χ0v) is 10.4. The van der Waals surface area contributed by atoms with E-state index in [-0.39, 0.29) is 0 Å². The van der Waals surface area contributed by atoms with Crippen LogP contribution in [0.1, 0.15) is 37.3 Å². The Morgan fingerprint density at radius 3 is 2.88 bits per heavy atom. The lowest BCUT2D eigenvalue weighted by Crippen LogP contribution is -2.36. The number of aryl methyl sites for hydroxylation is 1. The van der Waals surface area contributed by atoms with Crippen LogP contribution in [0.3, 0.4) is 0 Å². The first-order chi connectivity index (χ1) is 7.65. The Labute approximate surface area is 99.0 Å². The minimum absolute atomic E-state index is 0.414. The summed E-state index contributed by atoms with van der Waals surface area (Å²) in [6.07, 6.45) is 4.98. The van der Waals surface area contributed by atoms with E-state index in [0.717, 1.165) is 12.3 Å². The average molecular weight is 217 g/mol. The molecule has 0 aliphatic heterocycles.